The van der Waals surface area contributed by atoms with Crippen molar-refractivity contribution in [2.75, 3.05) is 13.2 Å². The maximum atomic E-state index is 14.1. The summed E-state index contributed by atoms with van der Waals surface area (Å²) >= 11 is 0. The van der Waals surface area contributed by atoms with E-state index in [4.69, 9.17) is 4.74 Å². The average molecular weight is 425 g/mol. The lowest BCUT2D eigenvalue weighted by Gasteiger charge is -2.31. The highest BCUT2D eigenvalue weighted by molar-refractivity contribution is 5.81. The molecule has 0 fully saturated rings. The molecule has 1 atom stereocenters. The molecule has 1 aromatic heterocycles. The summed E-state index contributed by atoms with van der Waals surface area (Å²) in [5.41, 5.74) is 2.67. The summed E-state index contributed by atoms with van der Waals surface area (Å²) in [6.45, 7) is 1.74. The van der Waals surface area contributed by atoms with Gasteiger partial charge in [-0.2, -0.15) is 0 Å². The molecule has 160 valence electrons. The minimum absolute atomic E-state index is 0.176. The molecule has 0 aliphatic carbocycles. The van der Waals surface area contributed by atoms with Crippen LogP contribution in [-0.2, 0) is 16.1 Å². The predicted molar refractivity (Wildman–Crippen MR) is 110 cm³/mol. The van der Waals surface area contributed by atoms with E-state index in [1.54, 1.807) is 13.0 Å². The summed E-state index contributed by atoms with van der Waals surface area (Å²) in [7, 11) is 0. The summed E-state index contributed by atoms with van der Waals surface area (Å²) in [6.07, 6.45) is 1.84. The van der Waals surface area contributed by atoms with Crippen LogP contribution in [0.4, 0.5) is 13.6 Å². The Labute approximate surface area is 178 Å². The van der Waals surface area contributed by atoms with E-state index in [0.717, 1.165) is 17.3 Å². The zero-order valence-electron chi connectivity index (χ0n) is 16.8. The number of nitrogens with one attached hydrogen (secondary N) is 1. The van der Waals surface area contributed by atoms with Crippen molar-refractivity contribution < 1.29 is 23.1 Å². The third-order valence-corrected chi connectivity index (χ3v) is 5.11. The molecule has 2 heterocycles. The van der Waals surface area contributed by atoms with Gasteiger partial charge in [0.05, 0.1) is 24.9 Å². The predicted octanol–water partition coefficient (Wildman–Crippen LogP) is 3.93. The Morgan fingerprint density at radius 2 is 1.84 bits per heavy atom. The van der Waals surface area contributed by atoms with Gasteiger partial charge in [0, 0.05) is 18.0 Å². The lowest BCUT2D eigenvalue weighted by molar-refractivity contribution is -0.141. The Bertz CT molecular complexity index is 1110. The van der Waals surface area contributed by atoms with Crippen LogP contribution in [0.3, 0.4) is 0 Å². The second-order valence-corrected chi connectivity index (χ2v) is 7.13. The maximum absolute atomic E-state index is 14.1. The quantitative estimate of drug-likeness (QED) is 0.645. The zero-order valence-corrected chi connectivity index (χ0v) is 16.8. The first-order chi connectivity index (χ1) is 15.0. The first-order valence-corrected chi connectivity index (χ1v) is 9.89. The van der Waals surface area contributed by atoms with Gasteiger partial charge in [0.25, 0.3) is 0 Å². The largest absolute Gasteiger partial charge is 0.465 e. The highest BCUT2D eigenvalue weighted by atomic mass is 19.1. The number of carbonyl (C=O) groups is 2. The van der Waals surface area contributed by atoms with Crippen molar-refractivity contribution in [3.8, 4) is 5.69 Å². The van der Waals surface area contributed by atoms with Crippen LogP contribution in [0.5, 0.6) is 0 Å². The number of urea groups is 1. The molecule has 4 rings (SSSR count). The fourth-order valence-electron chi connectivity index (χ4n) is 3.88. The van der Waals surface area contributed by atoms with E-state index in [0.29, 0.717) is 5.69 Å². The topological polar surface area (TPSA) is 63.6 Å². The minimum Gasteiger partial charge on any atom is -0.465 e. The smallest absolute Gasteiger partial charge is 0.325 e. The summed E-state index contributed by atoms with van der Waals surface area (Å²) in [5, 5.41) is 2.56. The molecule has 2 amide bonds. The lowest BCUT2D eigenvalue weighted by atomic mass is 10.0. The number of carbonyl (C=O) groups excluding carboxylic acids is 2. The van der Waals surface area contributed by atoms with Gasteiger partial charge < -0.3 is 19.5 Å². The summed E-state index contributed by atoms with van der Waals surface area (Å²) in [5.74, 6) is -2.04. The average Bonchev–Trinajstić information content (AvgIpc) is 3.15. The summed E-state index contributed by atoms with van der Waals surface area (Å²) in [6, 6.07) is 13.1. The van der Waals surface area contributed by atoms with Crippen LogP contribution in [-0.4, -0.2) is 34.6 Å². The normalized spacial score (nSPS) is 14.9. The Hall–Kier alpha value is -3.68. The number of ether oxygens (including phenoxy) is 1. The lowest BCUT2D eigenvalue weighted by Crippen LogP contribution is -2.44. The molecule has 0 saturated carbocycles. The Morgan fingerprint density at radius 1 is 1.10 bits per heavy atom. The molecule has 0 saturated heterocycles. The minimum atomic E-state index is -0.783. The molecular formula is C23H21F2N3O3. The number of para-hydroxylation sites is 1. The van der Waals surface area contributed by atoms with E-state index < -0.39 is 29.7 Å². The van der Waals surface area contributed by atoms with Gasteiger partial charge in [0.2, 0.25) is 0 Å². The molecule has 0 radical (unpaired) electrons. The fraction of sp³-hybridized carbons (Fsp3) is 0.217. The van der Waals surface area contributed by atoms with Gasteiger partial charge in [0.1, 0.15) is 18.2 Å². The first kappa shape index (κ1) is 20.6. The fourth-order valence-corrected chi connectivity index (χ4v) is 3.88. The van der Waals surface area contributed by atoms with Crippen LogP contribution in [0.2, 0.25) is 0 Å². The van der Waals surface area contributed by atoms with Gasteiger partial charge in [-0.3, -0.25) is 4.79 Å². The Balaban J connectivity index is 1.80. The highest BCUT2D eigenvalue weighted by Crippen LogP contribution is 2.37. The number of aromatic nitrogens is 1. The molecule has 8 heteroatoms. The molecule has 6 nitrogen and oxygen atoms in total. The number of amides is 2. The molecule has 0 unspecified atom stereocenters. The molecular weight excluding hydrogens is 404 g/mol. The second-order valence-electron chi connectivity index (χ2n) is 7.13. The number of fused-ring (bicyclic) bond motifs is 3. The highest BCUT2D eigenvalue weighted by Gasteiger charge is 2.33. The van der Waals surface area contributed by atoms with Crippen molar-refractivity contribution in [2.45, 2.75) is 19.5 Å². The number of hydrogen-bond acceptors (Lipinski definition) is 3. The molecule has 1 aliphatic heterocycles. The zero-order chi connectivity index (χ0) is 22.0. The van der Waals surface area contributed by atoms with Crippen LogP contribution in [0.15, 0.2) is 60.8 Å². The summed E-state index contributed by atoms with van der Waals surface area (Å²) < 4.78 is 35.0. The van der Waals surface area contributed by atoms with E-state index in [-0.39, 0.29) is 25.3 Å². The molecule has 3 aromatic rings. The number of nitrogens with zero attached hydrogens (tertiary/aromatic N) is 2. The van der Waals surface area contributed by atoms with Gasteiger partial charge in [-0.25, -0.2) is 13.6 Å². The van der Waals surface area contributed by atoms with Gasteiger partial charge in [0.15, 0.2) is 0 Å². The van der Waals surface area contributed by atoms with Gasteiger partial charge in [-0.15, -0.1) is 0 Å². The van der Waals surface area contributed by atoms with Crippen molar-refractivity contribution in [3.05, 3.63) is 89.2 Å². The summed E-state index contributed by atoms with van der Waals surface area (Å²) in [4.78, 5) is 26.4. The van der Waals surface area contributed by atoms with E-state index in [9.17, 15) is 18.4 Å². The Morgan fingerprint density at radius 3 is 2.58 bits per heavy atom. The van der Waals surface area contributed by atoms with Gasteiger partial charge in [-0.05, 0) is 48.4 Å². The molecule has 0 spiro atoms. The second kappa shape index (κ2) is 8.59. The monoisotopic (exact) mass is 425 g/mol. The molecule has 2 aromatic carbocycles. The van der Waals surface area contributed by atoms with Crippen LogP contribution >= 0.6 is 0 Å². The number of rotatable bonds is 4. The van der Waals surface area contributed by atoms with Gasteiger partial charge >= 0.3 is 12.0 Å². The number of benzene rings is 2. The SMILES string of the molecule is CCOC(=O)CNC(=O)N1Cc2ccccc2-n2cccc2[C@@H]1c1cc(F)cc(F)c1. The van der Waals surface area contributed by atoms with E-state index in [2.05, 4.69) is 5.32 Å². The van der Waals surface area contributed by atoms with Crippen molar-refractivity contribution >= 4 is 12.0 Å². The van der Waals surface area contributed by atoms with Crippen LogP contribution in [0, 0.1) is 11.6 Å². The van der Waals surface area contributed by atoms with Crippen molar-refractivity contribution in [3.63, 3.8) is 0 Å². The molecule has 1 N–H and O–H groups in total. The van der Waals surface area contributed by atoms with Crippen molar-refractivity contribution in [1.82, 2.24) is 14.8 Å². The van der Waals surface area contributed by atoms with Crippen molar-refractivity contribution in [2.24, 2.45) is 0 Å². The third-order valence-electron chi connectivity index (χ3n) is 5.11. The molecule has 0 bridgehead atoms. The van der Waals surface area contributed by atoms with E-state index >= 15 is 0 Å². The molecule has 1 aliphatic rings. The van der Waals surface area contributed by atoms with E-state index in [1.807, 2.05) is 41.1 Å². The molecule has 31 heavy (non-hydrogen) atoms. The van der Waals surface area contributed by atoms with Crippen LogP contribution < -0.4 is 5.32 Å². The van der Waals surface area contributed by atoms with Gasteiger partial charge in [-0.1, -0.05) is 18.2 Å². The third kappa shape index (κ3) is 4.14. The van der Waals surface area contributed by atoms with E-state index in [1.165, 1.54) is 17.0 Å². The van der Waals surface area contributed by atoms with Crippen molar-refractivity contribution in [1.29, 1.82) is 0 Å². The Kier molecular flexibility index (Phi) is 5.70. The van der Waals surface area contributed by atoms with Crippen LogP contribution in [0.25, 0.3) is 5.69 Å². The maximum Gasteiger partial charge on any atom is 0.325 e. The van der Waals surface area contributed by atoms with Crippen LogP contribution in [0.1, 0.15) is 29.8 Å². The standard InChI is InChI=1S/C23H21F2N3O3/c1-2-31-21(29)13-26-23(30)28-14-15-6-3-4-7-19(15)27-9-5-8-20(27)22(28)16-10-17(24)12-18(25)11-16/h3-12,22H,2,13-14H2,1H3,(H,26,30)/t22-/m0/s1. The number of esters is 1. The number of hydrogen-bond donors (Lipinski definition) is 1. The first-order valence-electron chi connectivity index (χ1n) is 9.89. The number of halogens is 2.